The number of thiophene rings is 1. The number of carboxylic acids is 1. The van der Waals surface area contributed by atoms with E-state index in [1.807, 2.05) is 11.4 Å². The van der Waals surface area contributed by atoms with Crippen molar-refractivity contribution < 1.29 is 9.90 Å². The maximum Gasteiger partial charge on any atom is 0.325 e. The van der Waals surface area contributed by atoms with E-state index < -0.39 is 12.0 Å². The Balaban J connectivity index is 2.05. The van der Waals surface area contributed by atoms with Crippen LogP contribution in [0.1, 0.15) is 43.2 Å². The number of hydrogen-bond acceptors (Lipinski definition) is 3. The van der Waals surface area contributed by atoms with Crippen LogP contribution >= 0.6 is 11.3 Å². The van der Waals surface area contributed by atoms with Gasteiger partial charge in [-0.25, -0.2) is 0 Å². The molecule has 1 aromatic heterocycles. The Kier molecular flexibility index (Phi) is 4.40. The van der Waals surface area contributed by atoms with E-state index in [4.69, 9.17) is 0 Å². The maximum atomic E-state index is 11.5. The molecular weight excluding hydrogens is 246 g/mol. The molecule has 4 heteroatoms. The maximum absolute atomic E-state index is 11.5. The molecule has 2 rings (SSSR count). The number of hydrogen-bond donors (Lipinski definition) is 1. The van der Waals surface area contributed by atoms with Gasteiger partial charge in [0.1, 0.15) is 6.04 Å². The lowest BCUT2D eigenvalue weighted by Crippen LogP contribution is -2.39. The molecule has 0 saturated carbocycles. The molecule has 1 atom stereocenters. The molecule has 2 heterocycles. The summed E-state index contributed by atoms with van der Waals surface area (Å²) in [6.45, 7) is 6.19. The van der Waals surface area contributed by atoms with Gasteiger partial charge in [-0.2, -0.15) is 0 Å². The average Bonchev–Trinajstić information content (AvgIpc) is 2.75. The van der Waals surface area contributed by atoms with Gasteiger partial charge in [0.05, 0.1) is 0 Å². The van der Waals surface area contributed by atoms with Crippen molar-refractivity contribution in [2.75, 3.05) is 13.1 Å². The molecule has 0 bridgehead atoms. The molecule has 1 aliphatic heterocycles. The fraction of sp³-hybridized carbons (Fsp3) is 0.643. The fourth-order valence-electron chi connectivity index (χ4n) is 2.60. The van der Waals surface area contributed by atoms with Crippen LogP contribution in [-0.4, -0.2) is 29.1 Å². The first kappa shape index (κ1) is 13.6. The summed E-state index contributed by atoms with van der Waals surface area (Å²) in [6.07, 6.45) is 3.25. The van der Waals surface area contributed by atoms with Crippen LogP contribution in [0.5, 0.6) is 0 Å². The summed E-state index contributed by atoms with van der Waals surface area (Å²) in [5.41, 5.74) is 1.02. The minimum absolute atomic E-state index is 0.424. The first-order chi connectivity index (χ1) is 8.59. The third-order valence-electron chi connectivity index (χ3n) is 3.53. The van der Waals surface area contributed by atoms with Crippen molar-refractivity contribution in [2.24, 2.45) is 5.92 Å². The SMILES string of the molecule is CC(C)CCCN1CCc2sccc2C1C(=O)O. The molecule has 1 unspecified atom stereocenters. The Morgan fingerprint density at radius 1 is 1.61 bits per heavy atom. The largest absolute Gasteiger partial charge is 0.480 e. The zero-order chi connectivity index (χ0) is 13.1. The second kappa shape index (κ2) is 5.85. The van der Waals surface area contributed by atoms with E-state index in [0.29, 0.717) is 5.92 Å². The van der Waals surface area contributed by atoms with E-state index in [0.717, 1.165) is 31.5 Å². The molecule has 1 aliphatic rings. The van der Waals surface area contributed by atoms with Crippen molar-refractivity contribution in [1.29, 1.82) is 0 Å². The third kappa shape index (κ3) is 2.93. The number of rotatable bonds is 5. The molecule has 0 aromatic carbocycles. The summed E-state index contributed by atoms with van der Waals surface area (Å²) in [4.78, 5) is 14.9. The van der Waals surface area contributed by atoms with E-state index in [9.17, 15) is 9.90 Å². The van der Waals surface area contributed by atoms with Crippen LogP contribution in [0, 0.1) is 5.92 Å². The smallest absolute Gasteiger partial charge is 0.325 e. The fourth-order valence-corrected chi connectivity index (χ4v) is 3.50. The minimum Gasteiger partial charge on any atom is -0.480 e. The van der Waals surface area contributed by atoms with Crippen LogP contribution < -0.4 is 0 Å². The number of carbonyl (C=O) groups is 1. The van der Waals surface area contributed by atoms with Crippen molar-refractivity contribution in [2.45, 2.75) is 39.2 Å². The summed E-state index contributed by atoms with van der Waals surface area (Å²) < 4.78 is 0. The number of fused-ring (bicyclic) bond motifs is 1. The van der Waals surface area contributed by atoms with Gasteiger partial charge in [0.2, 0.25) is 0 Å². The van der Waals surface area contributed by atoms with Crippen LogP contribution in [0.25, 0.3) is 0 Å². The van der Waals surface area contributed by atoms with Gasteiger partial charge < -0.3 is 5.11 Å². The van der Waals surface area contributed by atoms with Crippen LogP contribution in [-0.2, 0) is 11.2 Å². The standard InChI is InChI=1S/C14H21NO2S/c1-10(2)4-3-7-15-8-5-12-11(6-9-18-12)13(15)14(16)17/h6,9-10,13H,3-5,7-8H2,1-2H3,(H,16,17). The van der Waals surface area contributed by atoms with Crippen molar-refractivity contribution >= 4 is 17.3 Å². The van der Waals surface area contributed by atoms with Crippen LogP contribution in [0.2, 0.25) is 0 Å². The van der Waals surface area contributed by atoms with Crippen molar-refractivity contribution in [3.63, 3.8) is 0 Å². The summed E-state index contributed by atoms with van der Waals surface area (Å²) in [5.74, 6) is -0.0197. The van der Waals surface area contributed by atoms with Gasteiger partial charge >= 0.3 is 5.97 Å². The quantitative estimate of drug-likeness (QED) is 0.891. The lowest BCUT2D eigenvalue weighted by Gasteiger charge is -2.33. The second-order valence-electron chi connectivity index (χ2n) is 5.36. The van der Waals surface area contributed by atoms with Gasteiger partial charge in [-0.05, 0) is 48.7 Å². The van der Waals surface area contributed by atoms with E-state index in [1.54, 1.807) is 11.3 Å². The second-order valence-corrected chi connectivity index (χ2v) is 6.36. The molecule has 0 fully saturated rings. The molecule has 100 valence electrons. The van der Waals surface area contributed by atoms with Gasteiger partial charge in [-0.1, -0.05) is 13.8 Å². The first-order valence-corrected chi connectivity index (χ1v) is 7.50. The Labute approximate surface area is 112 Å². The van der Waals surface area contributed by atoms with Crippen molar-refractivity contribution in [3.8, 4) is 0 Å². The highest BCUT2D eigenvalue weighted by Crippen LogP contribution is 2.33. The lowest BCUT2D eigenvalue weighted by atomic mass is 9.99. The molecular formula is C14H21NO2S. The molecule has 0 spiro atoms. The molecule has 18 heavy (non-hydrogen) atoms. The van der Waals surface area contributed by atoms with Gasteiger partial charge in [0, 0.05) is 11.4 Å². The molecule has 1 aromatic rings. The Morgan fingerprint density at radius 2 is 2.39 bits per heavy atom. The zero-order valence-electron chi connectivity index (χ0n) is 11.1. The normalized spacial score (nSPS) is 20.1. The number of aliphatic carboxylic acids is 1. The van der Waals surface area contributed by atoms with Gasteiger partial charge in [0.25, 0.3) is 0 Å². The topological polar surface area (TPSA) is 40.5 Å². The third-order valence-corrected chi connectivity index (χ3v) is 4.52. The highest BCUT2D eigenvalue weighted by Gasteiger charge is 2.33. The molecule has 0 radical (unpaired) electrons. The first-order valence-electron chi connectivity index (χ1n) is 6.62. The molecule has 0 aliphatic carbocycles. The summed E-state index contributed by atoms with van der Waals surface area (Å²) in [5, 5.41) is 11.5. The monoisotopic (exact) mass is 267 g/mol. The Bertz CT molecular complexity index is 414. The summed E-state index contributed by atoms with van der Waals surface area (Å²) in [7, 11) is 0. The van der Waals surface area contributed by atoms with E-state index in [-0.39, 0.29) is 0 Å². The molecule has 0 amide bonds. The van der Waals surface area contributed by atoms with Crippen molar-refractivity contribution in [3.05, 3.63) is 21.9 Å². The van der Waals surface area contributed by atoms with Crippen LogP contribution in [0.15, 0.2) is 11.4 Å². The average molecular weight is 267 g/mol. The van der Waals surface area contributed by atoms with Gasteiger partial charge in [-0.15, -0.1) is 11.3 Å². The van der Waals surface area contributed by atoms with Gasteiger partial charge in [0.15, 0.2) is 0 Å². The Hall–Kier alpha value is -0.870. The lowest BCUT2D eigenvalue weighted by molar-refractivity contribution is -0.144. The minimum atomic E-state index is -0.709. The number of carboxylic acid groups (broad SMARTS) is 1. The van der Waals surface area contributed by atoms with Crippen LogP contribution in [0.4, 0.5) is 0 Å². The van der Waals surface area contributed by atoms with E-state index in [1.165, 1.54) is 11.3 Å². The summed E-state index contributed by atoms with van der Waals surface area (Å²) in [6, 6.07) is 1.56. The number of nitrogens with zero attached hydrogens (tertiary/aromatic N) is 1. The predicted octanol–water partition coefficient (Wildman–Crippen LogP) is 3.17. The highest BCUT2D eigenvalue weighted by atomic mass is 32.1. The van der Waals surface area contributed by atoms with E-state index >= 15 is 0 Å². The molecule has 1 N–H and O–H groups in total. The zero-order valence-corrected chi connectivity index (χ0v) is 11.9. The van der Waals surface area contributed by atoms with E-state index in [2.05, 4.69) is 18.7 Å². The van der Waals surface area contributed by atoms with Crippen molar-refractivity contribution in [1.82, 2.24) is 4.90 Å². The molecule has 0 saturated heterocycles. The predicted molar refractivity (Wildman–Crippen MR) is 74.0 cm³/mol. The van der Waals surface area contributed by atoms with Crippen LogP contribution in [0.3, 0.4) is 0 Å². The molecule has 3 nitrogen and oxygen atoms in total. The van der Waals surface area contributed by atoms with Gasteiger partial charge in [-0.3, -0.25) is 9.69 Å². The highest BCUT2D eigenvalue weighted by molar-refractivity contribution is 7.10. The Morgan fingerprint density at radius 3 is 3.06 bits per heavy atom. The summed E-state index contributed by atoms with van der Waals surface area (Å²) >= 11 is 1.69.